The number of rotatable bonds is 6. The second-order valence-electron chi connectivity index (χ2n) is 5.18. The zero-order valence-electron chi connectivity index (χ0n) is 13.2. The summed E-state index contributed by atoms with van der Waals surface area (Å²) in [6.45, 7) is 7.75. The van der Waals surface area contributed by atoms with Crippen LogP contribution in [0.2, 0.25) is 0 Å². The molecule has 1 heterocycles. The molecule has 0 saturated carbocycles. The van der Waals surface area contributed by atoms with Crippen molar-refractivity contribution in [3.63, 3.8) is 0 Å². The van der Waals surface area contributed by atoms with Crippen LogP contribution in [0, 0.1) is 0 Å². The normalized spacial score (nSPS) is 16.6. The number of carbonyl (C=O) groups is 1. The molecule has 1 saturated heterocycles. The fourth-order valence-electron chi connectivity index (χ4n) is 2.35. The van der Waals surface area contributed by atoms with E-state index in [4.69, 9.17) is 4.74 Å². The summed E-state index contributed by atoms with van der Waals surface area (Å²) in [6.07, 6.45) is 0. The summed E-state index contributed by atoms with van der Waals surface area (Å²) in [6, 6.07) is 8.47. The molecule has 4 nitrogen and oxygen atoms in total. The molecule has 1 aromatic carbocycles. The molecule has 1 aromatic rings. The predicted molar refractivity (Wildman–Crippen MR) is 93.9 cm³/mol. The number of halogens is 1. The van der Waals surface area contributed by atoms with Gasteiger partial charge in [0, 0.05) is 18.0 Å². The Bertz CT molecular complexity index is 450. The van der Waals surface area contributed by atoms with Crippen molar-refractivity contribution < 1.29 is 9.53 Å². The van der Waals surface area contributed by atoms with Crippen molar-refractivity contribution in [3.05, 3.63) is 29.8 Å². The number of hydrogen-bond donors (Lipinski definition) is 1. The third-order valence-electron chi connectivity index (χ3n) is 3.54. The molecule has 6 heteroatoms. The van der Waals surface area contributed by atoms with Gasteiger partial charge in [-0.1, -0.05) is 19.1 Å². The molecule has 1 atom stereocenters. The van der Waals surface area contributed by atoms with Crippen molar-refractivity contribution in [1.29, 1.82) is 0 Å². The van der Waals surface area contributed by atoms with Gasteiger partial charge in [-0.05, 0) is 30.4 Å². The highest BCUT2D eigenvalue weighted by Crippen LogP contribution is 2.20. The van der Waals surface area contributed by atoms with Crippen LogP contribution < -0.4 is 5.32 Å². The number of nitrogens with one attached hydrogen (secondary N) is 1. The number of morpholine rings is 1. The van der Waals surface area contributed by atoms with E-state index < -0.39 is 0 Å². The first-order valence-corrected chi connectivity index (χ1v) is 8.50. The van der Waals surface area contributed by atoms with E-state index in [2.05, 4.69) is 41.4 Å². The van der Waals surface area contributed by atoms with Crippen molar-refractivity contribution >= 4 is 30.1 Å². The van der Waals surface area contributed by atoms with Gasteiger partial charge in [-0.2, -0.15) is 0 Å². The minimum atomic E-state index is 0. The molecule has 1 amide bonds. The fourth-order valence-corrected chi connectivity index (χ4v) is 3.01. The topological polar surface area (TPSA) is 41.6 Å². The first-order chi connectivity index (χ1) is 10.2. The summed E-state index contributed by atoms with van der Waals surface area (Å²) < 4.78 is 5.29. The van der Waals surface area contributed by atoms with Crippen molar-refractivity contribution in [2.45, 2.75) is 24.8 Å². The van der Waals surface area contributed by atoms with Crippen LogP contribution in [0.4, 0.5) is 0 Å². The van der Waals surface area contributed by atoms with E-state index >= 15 is 0 Å². The summed E-state index contributed by atoms with van der Waals surface area (Å²) >= 11 is 1.83. The van der Waals surface area contributed by atoms with Crippen LogP contribution in [0.1, 0.15) is 25.5 Å². The van der Waals surface area contributed by atoms with Crippen LogP contribution in [0.3, 0.4) is 0 Å². The SMILES string of the molecule is CCSc1ccc(C(C)NC(=O)CN2CCOCC2)cc1.Cl. The van der Waals surface area contributed by atoms with Crippen molar-refractivity contribution in [3.8, 4) is 0 Å². The molecule has 0 aromatic heterocycles. The lowest BCUT2D eigenvalue weighted by atomic mass is 10.1. The quantitative estimate of drug-likeness (QED) is 0.806. The van der Waals surface area contributed by atoms with Gasteiger partial charge in [-0.3, -0.25) is 9.69 Å². The van der Waals surface area contributed by atoms with E-state index in [0.717, 1.165) is 37.6 Å². The van der Waals surface area contributed by atoms with Gasteiger partial charge in [-0.25, -0.2) is 0 Å². The van der Waals surface area contributed by atoms with Gasteiger partial charge in [0.2, 0.25) is 5.91 Å². The molecule has 2 rings (SSSR count). The van der Waals surface area contributed by atoms with Crippen LogP contribution in [-0.4, -0.2) is 49.4 Å². The molecule has 22 heavy (non-hydrogen) atoms. The Kier molecular flexibility index (Phi) is 8.86. The Labute approximate surface area is 143 Å². The molecule has 1 N–H and O–H groups in total. The van der Waals surface area contributed by atoms with Crippen LogP contribution in [-0.2, 0) is 9.53 Å². The molecule has 0 spiro atoms. The van der Waals surface area contributed by atoms with Crippen molar-refractivity contribution in [1.82, 2.24) is 10.2 Å². The maximum absolute atomic E-state index is 12.1. The standard InChI is InChI=1S/C16H24N2O2S.ClH/c1-3-21-15-6-4-14(5-7-15)13(2)17-16(19)12-18-8-10-20-11-9-18;/h4-7,13H,3,8-12H2,1-2H3,(H,17,19);1H. The van der Waals surface area contributed by atoms with Crippen LogP contribution in [0.25, 0.3) is 0 Å². The lowest BCUT2D eigenvalue weighted by Gasteiger charge is -2.26. The van der Waals surface area contributed by atoms with E-state index in [9.17, 15) is 4.79 Å². The number of hydrogen-bond acceptors (Lipinski definition) is 4. The summed E-state index contributed by atoms with van der Waals surface area (Å²) in [5.74, 6) is 1.15. The maximum Gasteiger partial charge on any atom is 0.234 e. The van der Waals surface area contributed by atoms with Crippen molar-refractivity contribution in [2.24, 2.45) is 0 Å². The highest BCUT2D eigenvalue weighted by molar-refractivity contribution is 7.99. The zero-order chi connectivity index (χ0) is 15.1. The second-order valence-corrected chi connectivity index (χ2v) is 6.52. The Morgan fingerprint density at radius 3 is 2.55 bits per heavy atom. The predicted octanol–water partition coefficient (Wildman–Crippen LogP) is 2.73. The number of nitrogens with zero attached hydrogens (tertiary/aromatic N) is 1. The lowest BCUT2D eigenvalue weighted by Crippen LogP contribution is -2.43. The van der Waals surface area contributed by atoms with E-state index in [1.807, 2.05) is 18.7 Å². The smallest absolute Gasteiger partial charge is 0.234 e. The summed E-state index contributed by atoms with van der Waals surface area (Å²) in [5.41, 5.74) is 1.14. The van der Waals surface area contributed by atoms with E-state index in [1.54, 1.807) is 0 Å². The minimum Gasteiger partial charge on any atom is -0.379 e. The second kappa shape index (κ2) is 10.1. The summed E-state index contributed by atoms with van der Waals surface area (Å²) in [7, 11) is 0. The van der Waals surface area contributed by atoms with Crippen LogP contribution in [0.15, 0.2) is 29.2 Å². The summed E-state index contributed by atoms with van der Waals surface area (Å²) in [4.78, 5) is 15.5. The molecular formula is C16H25ClN2O2S. The Hall–Kier alpha value is -0.750. The Morgan fingerprint density at radius 2 is 1.95 bits per heavy atom. The average molecular weight is 345 g/mol. The number of benzene rings is 1. The average Bonchev–Trinajstić information content (AvgIpc) is 2.49. The molecule has 1 fully saturated rings. The van der Waals surface area contributed by atoms with Gasteiger partial charge in [0.25, 0.3) is 0 Å². The number of amides is 1. The molecule has 1 aliphatic rings. The highest BCUT2D eigenvalue weighted by Gasteiger charge is 2.16. The monoisotopic (exact) mass is 344 g/mol. The van der Waals surface area contributed by atoms with Gasteiger partial charge < -0.3 is 10.1 Å². The van der Waals surface area contributed by atoms with E-state index in [-0.39, 0.29) is 24.4 Å². The van der Waals surface area contributed by atoms with Crippen LogP contribution >= 0.6 is 24.2 Å². The van der Waals surface area contributed by atoms with E-state index in [0.29, 0.717) is 6.54 Å². The van der Waals surface area contributed by atoms with Crippen molar-refractivity contribution in [2.75, 3.05) is 38.6 Å². The van der Waals surface area contributed by atoms with Gasteiger partial charge in [0.05, 0.1) is 25.8 Å². The van der Waals surface area contributed by atoms with Gasteiger partial charge in [0.1, 0.15) is 0 Å². The number of ether oxygens (including phenoxy) is 1. The zero-order valence-corrected chi connectivity index (χ0v) is 14.8. The minimum absolute atomic E-state index is 0. The Balaban J connectivity index is 0.00000242. The van der Waals surface area contributed by atoms with Gasteiger partial charge in [-0.15, -0.1) is 24.2 Å². The van der Waals surface area contributed by atoms with Crippen LogP contribution in [0.5, 0.6) is 0 Å². The summed E-state index contributed by atoms with van der Waals surface area (Å²) in [5, 5.41) is 3.07. The fraction of sp³-hybridized carbons (Fsp3) is 0.562. The first kappa shape index (κ1) is 19.3. The third-order valence-corrected chi connectivity index (χ3v) is 4.43. The molecule has 0 bridgehead atoms. The molecule has 1 aliphatic heterocycles. The van der Waals surface area contributed by atoms with Gasteiger partial charge >= 0.3 is 0 Å². The molecule has 124 valence electrons. The number of carbonyl (C=O) groups excluding carboxylic acids is 1. The first-order valence-electron chi connectivity index (χ1n) is 7.51. The molecule has 0 radical (unpaired) electrons. The van der Waals surface area contributed by atoms with E-state index in [1.165, 1.54) is 4.90 Å². The molecule has 1 unspecified atom stereocenters. The molecular weight excluding hydrogens is 320 g/mol. The van der Waals surface area contributed by atoms with Gasteiger partial charge in [0.15, 0.2) is 0 Å². The lowest BCUT2D eigenvalue weighted by molar-refractivity contribution is -0.123. The Morgan fingerprint density at radius 1 is 1.32 bits per heavy atom. The number of thioether (sulfide) groups is 1. The largest absolute Gasteiger partial charge is 0.379 e. The molecule has 0 aliphatic carbocycles. The highest BCUT2D eigenvalue weighted by atomic mass is 35.5. The maximum atomic E-state index is 12.1. The third kappa shape index (κ3) is 6.16.